The SMILES string of the molecule is Cc1cc(F)cc(C)c1CNc1cc(-n2ccccc2=O)cn2c(C)c(C)nc12.Cl. The molecule has 30 heavy (non-hydrogen) atoms. The van der Waals surface area contributed by atoms with Crippen molar-refractivity contribution in [2.75, 3.05) is 5.32 Å². The Kier molecular flexibility index (Phi) is 5.99. The average Bonchev–Trinajstić information content (AvgIpc) is 2.96. The second kappa shape index (κ2) is 8.32. The van der Waals surface area contributed by atoms with Crippen LogP contribution < -0.4 is 10.9 Å². The van der Waals surface area contributed by atoms with Gasteiger partial charge in [0.2, 0.25) is 0 Å². The summed E-state index contributed by atoms with van der Waals surface area (Å²) in [5, 5.41) is 3.45. The van der Waals surface area contributed by atoms with Crippen molar-refractivity contribution in [2.45, 2.75) is 34.2 Å². The molecule has 0 spiro atoms. The van der Waals surface area contributed by atoms with Gasteiger partial charge in [0, 0.05) is 30.7 Å². The normalized spacial score (nSPS) is 10.8. The minimum atomic E-state index is -0.226. The van der Waals surface area contributed by atoms with E-state index in [9.17, 15) is 9.18 Å². The molecule has 4 aromatic rings. The highest BCUT2D eigenvalue weighted by Crippen LogP contribution is 2.25. The van der Waals surface area contributed by atoms with Crippen LogP contribution >= 0.6 is 12.4 Å². The molecule has 3 aromatic heterocycles. The van der Waals surface area contributed by atoms with Crippen LogP contribution in [-0.2, 0) is 6.54 Å². The minimum absolute atomic E-state index is 0. The molecule has 156 valence electrons. The number of imidazole rings is 1. The first kappa shape index (κ1) is 21.6. The fourth-order valence-electron chi connectivity index (χ4n) is 3.66. The second-order valence-electron chi connectivity index (χ2n) is 7.37. The Hall–Kier alpha value is -3.12. The number of rotatable bonds is 4. The highest BCUT2D eigenvalue weighted by Gasteiger charge is 2.13. The van der Waals surface area contributed by atoms with Gasteiger partial charge in [-0.3, -0.25) is 9.36 Å². The van der Waals surface area contributed by atoms with Crippen LogP contribution in [-0.4, -0.2) is 14.0 Å². The van der Waals surface area contributed by atoms with Gasteiger partial charge in [0.15, 0.2) is 5.65 Å². The zero-order valence-corrected chi connectivity index (χ0v) is 18.2. The first-order chi connectivity index (χ1) is 13.8. The van der Waals surface area contributed by atoms with Crippen LogP contribution in [0, 0.1) is 33.5 Å². The van der Waals surface area contributed by atoms with Crippen molar-refractivity contribution in [2.24, 2.45) is 0 Å². The molecule has 5 nitrogen and oxygen atoms in total. The molecule has 3 heterocycles. The third-order valence-corrected chi connectivity index (χ3v) is 5.40. The third-order valence-electron chi connectivity index (χ3n) is 5.40. The summed E-state index contributed by atoms with van der Waals surface area (Å²) in [4.78, 5) is 17.0. The van der Waals surface area contributed by atoms with E-state index in [0.717, 1.165) is 45.1 Å². The Bertz CT molecular complexity index is 1270. The first-order valence-corrected chi connectivity index (χ1v) is 9.52. The summed E-state index contributed by atoms with van der Waals surface area (Å²) in [5.74, 6) is -0.226. The van der Waals surface area contributed by atoms with Crippen LogP contribution in [0.1, 0.15) is 28.1 Å². The number of hydrogen-bond acceptors (Lipinski definition) is 3. The molecule has 0 amide bonds. The predicted octanol–water partition coefficient (Wildman–Crippen LogP) is 4.89. The molecule has 0 aliphatic rings. The summed E-state index contributed by atoms with van der Waals surface area (Å²) < 4.78 is 17.2. The van der Waals surface area contributed by atoms with Crippen LogP contribution in [0.15, 0.2) is 53.6 Å². The van der Waals surface area contributed by atoms with Crippen molar-refractivity contribution in [3.05, 3.63) is 93.0 Å². The van der Waals surface area contributed by atoms with Crippen molar-refractivity contribution in [3.63, 3.8) is 0 Å². The summed E-state index contributed by atoms with van der Waals surface area (Å²) >= 11 is 0. The molecular weight excluding hydrogens is 403 g/mol. The van der Waals surface area contributed by atoms with E-state index in [4.69, 9.17) is 4.98 Å². The van der Waals surface area contributed by atoms with Gasteiger partial charge in [0.1, 0.15) is 5.82 Å². The Labute approximate surface area is 180 Å². The highest BCUT2D eigenvalue weighted by atomic mass is 35.5. The zero-order chi connectivity index (χ0) is 20.7. The number of fused-ring (bicyclic) bond motifs is 1. The maximum atomic E-state index is 13.6. The summed E-state index contributed by atoms with van der Waals surface area (Å²) in [6.07, 6.45) is 3.67. The van der Waals surface area contributed by atoms with Gasteiger partial charge < -0.3 is 9.72 Å². The van der Waals surface area contributed by atoms with Crippen LogP contribution in [0.2, 0.25) is 0 Å². The molecule has 0 saturated carbocycles. The second-order valence-corrected chi connectivity index (χ2v) is 7.37. The number of pyridine rings is 2. The van der Waals surface area contributed by atoms with Gasteiger partial charge in [-0.05, 0) is 68.7 Å². The lowest BCUT2D eigenvalue weighted by molar-refractivity contribution is 0.624. The molecule has 0 atom stereocenters. The minimum Gasteiger partial charge on any atom is -0.378 e. The van der Waals surface area contributed by atoms with E-state index in [2.05, 4.69) is 5.32 Å². The maximum absolute atomic E-state index is 13.6. The molecular formula is C23H24ClFN4O. The standard InChI is InChI=1S/C23H23FN4O.ClH/c1-14-9-18(24)10-15(2)20(14)12-25-21-11-19(27-8-6-5-7-22(27)29)13-28-17(4)16(3)26-23(21)28;/h5-11,13,25H,12H2,1-4H3;1H. The van der Waals surface area contributed by atoms with E-state index in [1.165, 1.54) is 6.07 Å². The largest absolute Gasteiger partial charge is 0.378 e. The third kappa shape index (κ3) is 3.83. The number of nitrogens with one attached hydrogen (secondary N) is 1. The fourth-order valence-corrected chi connectivity index (χ4v) is 3.66. The molecule has 7 heteroatoms. The van der Waals surface area contributed by atoms with Crippen LogP contribution in [0.3, 0.4) is 0 Å². The lowest BCUT2D eigenvalue weighted by atomic mass is 10.0. The van der Waals surface area contributed by atoms with Gasteiger partial charge in [-0.15, -0.1) is 12.4 Å². The van der Waals surface area contributed by atoms with Crippen molar-refractivity contribution in [1.82, 2.24) is 14.0 Å². The highest BCUT2D eigenvalue weighted by molar-refractivity contribution is 5.85. The van der Waals surface area contributed by atoms with Crippen molar-refractivity contribution in [1.29, 1.82) is 0 Å². The zero-order valence-electron chi connectivity index (χ0n) is 17.4. The predicted molar refractivity (Wildman–Crippen MR) is 121 cm³/mol. The molecule has 0 radical (unpaired) electrons. The number of benzene rings is 1. The van der Waals surface area contributed by atoms with Gasteiger partial charge in [-0.1, -0.05) is 6.07 Å². The van der Waals surface area contributed by atoms with Crippen molar-refractivity contribution in [3.8, 4) is 5.69 Å². The van der Waals surface area contributed by atoms with Crippen molar-refractivity contribution < 1.29 is 4.39 Å². The monoisotopic (exact) mass is 426 g/mol. The van der Waals surface area contributed by atoms with E-state index in [1.807, 2.05) is 50.4 Å². The first-order valence-electron chi connectivity index (χ1n) is 9.52. The Morgan fingerprint density at radius 1 is 1.07 bits per heavy atom. The van der Waals surface area contributed by atoms with Crippen LogP contribution in [0.25, 0.3) is 11.3 Å². The van der Waals surface area contributed by atoms with Gasteiger partial charge in [0.05, 0.1) is 17.1 Å². The molecule has 0 bridgehead atoms. The maximum Gasteiger partial charge on any atom is 0.255 e. The summed E-state index contributed by atoms with van der Waals surface area (Å²) in [6, 6.07) is 10.1. The van der Waals surface area contributed by atoms with Crippen LogP contribution in [0.4, 0.5) is 10.1 Å². The van der Waals surface area contributed by atoms with E-state index in [-0.39, 0.29) is 23.8 Å². The molecule has 0 aliphatic heterocycles. The molecule has 4 rings (SSSR count). The van der Waals surface area contributed by atoms with Gasteiger partial charge >= 0.3 is 0 Å². The summed E-state index contributed by atoms with van der Waals surface area (Å²) in [7, 11) is 0. The Morgan fingerprint density at radius 3 is 2.43 bits per heavy atom. The van der Waals surface area contributed by atoms with Crippen molar-refractivity contribution >= 4 is 23.7 Å². The lowest BCUT2D eigenvalue weighted by Gasteiger charge is -2.15. The van der Waals surface area contributed by atoms with Crippen LogP contribution in [0.5, 0.6) is 0 Å². The van der Waals surface area contributed by atoms with E-state index in [0.29, 0.717) is 6.54 Å². The van der Waals surface area contributed by atoms with Gasteiger partial charge in [-0.2, -0.15) is 0 Å². The molecule has 1 aromatic carbocycles. The van der Waals surface area contributed by atoms with E-state index in [1.54, 1.807) is 29.0 Å². The number of anilines is 1. The topological polar surface area (TPSA) is 51.3 Å². The number of aromatic nitrogens is 3. The molecule has 0 saturated heterocycles. The van der Waals surface area contributed by atoms with E-state index >= 15 is 0 Å². The molecule has 0 unspecified atom stereocenters. The number of halogens is 2. The summed E-state index contributed by atoms with van der Waals surface area (Å²) in [6.45, 7) is 8.32. The molecule has 1 N–H and O–H groups in total. The lowest BCUT2D eigenvalue weighted by Crippen LogP contribution is -2.16. The smallest absolute Gasteiger partial charge is 0.255 e. The number of nitrogens with zero attached hydrogens (tertiary/aromatic N) is 3. The Balaban J connectivity index is 0.00000256. The Morgan fingerprint density at radius 2 is 1.77 bits per heavy atom. The molecule has 0 fully saturated rings. The average molecular weight is 427 g/mol. The van der Waals surface area contributed by atoms with Gasteiger partial charge in [0.25, 0.3) is 5.56 Å². The van der Waals surface area contributed by atoms with E-state index < -0.39 is 0 Å². The quantitative estimate of drug-likeness (QED) is 0.505. The van der Waals surface area contributed by atoms with Gasteiger partial charge in [-0.25, -0.2) is 9.37 Å². The molecule has 0 aliphatic carbocycles. The fraction of sp³-hybridized carbons (Fsp3) is 0.217. The number of aryl methyl sites for hydroxylation is 4. The summed E-state index contributed by atoms with van der Waals surface area (Å²) in [5.41, 5.74) is 7.06. The number of hydrogen-bond donors (Lipinski definition) is 1.